The zero-order valence-corrected chi connectivity index (χ0v) is 9.88. The largest absolute Gasteiger partial charge is 0.395 e. The predicted molar refractivity (Wildman–Crippen MR) is 62.9 cm³/mol. The second-order valence-electron chi connectivity index (χ2n) is 3.48. The van der Waals surface area contributed by atoms with Gasteiger partial charge in [0.25, 0.3) is 0 Å². The molecule has 5 heteroatoms. The number of nitrogens with zero attached hydrogens (tertiary/aromatic N) is 2. The van der Waals surface area contributed by atoms with Gasteiger partial charge in [-0.05, 0) is 31.2 Å². The van der Waals surface area contributed by atoms with Crippen LogP contribution in [0.5, 0.6) is 0 Å². The second-order valence-corrected chi connectivity index (χ2v) is 4.55. The quantitative estimate of drug-likeness (QED) is 0.873. The molecular weight excluding hydrogens is 225 g/mol. The number of aromatic nitrogens is 2. The topological polar surface area (TPSA) is 43.8 Å². The molecule has 3 nitrogen and oxygen atoms in total. The first kappa shape index (κ1) is 11.0. The lowest BCUT2D eigenvalue weighted by molar-refractivity contribution is 0.626. The fraction of sp³-hybridized carbons (Fsp3) is 0.182. The number of nitrogen functional groups attached to an aromatic ring is 1. The van der Waals surface area contributed by atoms with Gasteiger partial charge in [0, 0.05) is 11.9 Å². The van der Waals surface area contributed by atoms with Gasteiger partial charge in [0.05, 0.1) is 11.4 Å². The smallest absolute Gasteiger partial charge is 0.123 e. The molecule has 0 saturated carbocycles. The second kappa shape index (κ2) is 4.17. The molecule has 0 amide bonds. The van der Waals surface area contributed by atoms with E-state index < -0.39 is 0 Å². The fourth-order valence-corrected chi connectivity index (χ4v) is 2.31. The zero-order chi connectivity index (χ0) is 11.7. The van der Waals surface area contributed by atoms with Crippen LogP contribution in [0.25, 0.3) is 0 Å². The van der Waals surface area contributed by atoms with E-state index in [1.54, 1.807) is 16.8 Å². The van der Waals surface area contributed by atoms with Crippen LogP contribution in [0.15, 0.2) is 34.2 Å². The highest BCUT2D eigenvalue weighted by Crippen LogP contribution is 2.33. The Labute approximate surface area is 97.5 Å². The summed E-state index contributed by atoms with van der Waals surface area (Å²) in [6, 6.07) is 6.31. The lowest BCUT2D eigenvalue weighted by Crippen LogP contribution is -1.93. The normalized spacial score (nSPS) is 10.7. The van der Waals surface area contributed by atoms with E-state index in [2.05, 4.69) is 5.10 Å². The molecule has 0 aliphatic carbocycles. The summed E-state index contributed by atoms with van der Waals surface area (Å²) in [7, 11) is 1.84. The molecule has 0 atom stereocenters. The van der Waals surface area contributed by atoms with Gasteiger partial charge >= 0.3 is 0 Å². The molecule has 0 saturated heterocycles. The summed E-state index contributed by atoms with van der Waals surface area (Å²) < 4.78 is 14.5. The standard InChI is InChI=1S/C11H12FN3S/c1-7-10(13)11(15(2)14-7)16-9-5-3-8(12)4-6-9/h3-6H,13H2,1-2H3. The summed E-state index contributed by atoms with van der Waals surface area (Å²) in [5, 5.41) is 5.10. The van der Waals surface area contributed by atoms with Crippen molar-refractivity contribution in [2.24, 2.45) is 7.05 Å². The highest BCUT2D eigenvalue weighted by molar-refractivity contribution is 7.99. The summed E-state index contributed by atoms with van der Waals surface area (Å²) in [6.45, 7) is 1.87. The van der Waals surface area contributed by atoms with Crippen LogP contribution in [0, 0.1) is 12.7 Å². The molecule has 2 rings (SSSR count). The molecule has 0 aliphatic heterocycles. The molecule has 0 bridgehead atoms. The average Bonchev–Trinajstić information content (AvgIpc) is 2.48. The Kier molecular flexibility index (Phi) is 2.87. The third-order valence-electron chi connectivity index (χ3n) is 2.24. The van der Waals surface area contributed by atoms with Crippen molar-refractivity contribution in [3.63, 3.8) is 0 Å². The number of anilines is 1. The maximum Gasteiger partial charge on any atom is 0.123 e. The number of hydrogen-bond acceptors (Lipinski definition) is 3. The first-order chi connectivity index (χ1) is 7.58. The SMILES string of the molecule is Cc1nn(C)c(Sc2ccc(F)cc2)c1N. The Morgan fingerprint density at radius 3 is 2.44 bits per heavy atom. The van der Waals surface area contributed by atoms with Gasteiger partial charge in [-0.3, -0.25) is 4.68 Å². The molecule has 16 heavy (non-hydrogen) atoms. The van der Waals surface area contributed by atoms with Crippen LogP contribution in [0.3, 0.4) is 0 Å². The van der Waals surface area contributed by atoms with E-state index in [4.69, 9.17) is 5.73 Å². The molecular formula is C11H12FN3S. The van der Waals surface area contributed by atoms with E-state index in [0.717, 1.165) is 15.6 Å². The van der Waals surface area contributed by atoms with Crippen molar-refractivity contribution >= 4 is 17.4 Å². The van der Waals surface area contributed by atoms with Crippen molar-refractivity contribution in [1.29, 1.82) is 0 Å². The molecule has 0 fully saturated rings. The zero-order valence-electron chi connectivity index (χ0n) is 9.07. The Balaban J connectivity index is 2.30. The van der Waals surface area contributed by atoms with E-state index >= 15 is 0 Å². The van der Waals surface area contributed by atoms with Crippen molar-refractivity contribution in [3.8, 4) is 0 Å². The lowest BCUT2D eigenvalue weighted by atomic mass is 10.4. The number of nitrogens with two attached hydrogens (primary N) is 1. The summed E-state index contributed by atoms with van der Waals surface area (Å²) in [5.41, 5.74) is 7.39. The average molecular weight is 237 g/mol. The van der Waals surface area contributed by atoms with Crippen molar-refractivity contribution in [2.75, 3.05) is 5.73 Å². The Bertz CT molecular complexity index is 505. The monoisotopic (exact) mass is 237 g/mol. The minimum atomic E-state index is -0.237. The van der Waals surface area contributed by atoms with E-state index in [-0.39, 0.29) is 5.82 Å². The van der Waals surface area contributed by atoms with Crippen LogP contribution in [0.2, 0.25) is 0 Å². The van der Waals surface area contributed by atoms with Gasteiger partial charge in [-0.25, -0.2) is 4.39 Å². The molecule has 84 valence electrons. The van der Waals surface area contributed by atoms with Crippen LogP contribution in [0.4, 0.5) is 10.1 Å². The first-order valence-corrected chi connectivity index (χ1v) is 5.62. The Hall–Kier alpha value is -1.49. The Morgan fingerprint density at radius 2 is 1.94 bits per heavy atom. The third kappa shape index (κ3) is 2.04. The number of benzene rings is 1. The minimum absolute atomic E-state index is 0.237. The maximum absolute atomic E-state index is 12.7. The molecule has 0 aliphatic rings. The van der Waals surface area contributed by atoms with Crippen LogP contribution < -0.4 is 5.73 Å². The number of hydrogen-bond donors (Lipinski definition) is 1. The summed E-state index contributed by atoms with van der Waals surface area (Å²) >= 11 is 1.48. The van der Waals surface area contributed by atoms with E-state index in [9.17, 15) is 4.39 Å². The molecule has 2 N–H and O–H groups in total. The number of halogens is 1. The fourth-order valence-electron chi connectivity index (χ4n) is 1.39. The summed E-state index contributed by atoms with van der Waals surface area (Å²) in [6.07, 6.45) is 0. The molecule has 1 heterocycles. The van der Waals surface area contributed by atoms with Crippen LogP contribution in [0.1, 0.15) is 5.69 Å². The first-order valence-electron chi connectivity index (χ1n) is 4.80. The molecule has 0 radical (unpaired) electrons. The number of aryl methyl sites for hydroxylation is 2. The van der Waals surface area contributed by atoms with Crippen molar-refractivity contribution in [1.82, 2.24) is 9.78 Å². The van der Waals surface area contributed by atoms with Gasteiger partial charge < -0.3 is 5.73 Å². The maximum atomic E-state index is 12.7. The van der Waals surface area contributed by atoms with Gasteiger partial charge in [0.2, 0.25) is 0 Å². The van der Waals surface area contributed by atoms with E-state index in [1.807, 2.05) is 14.0 Å². The van der Waals surface area contributed by atoms with Gasteiger partial charge in [-0.15, -0.1) is 0 Å². The van der Waals surface area contributed by atoms with Crippen molar-refractivity contribution < 1.29 is 4.39 Å². The highest BCUT2D eigenvalue weighted by atomic mass is 32.2. The summed E-state index contributed by atoms with van der Waals surface area (Å²) in [4.78, 5) is 0.941. The van der Waals surface area contributed by atoms with Crippen molar-refractivity contribution in [2.45, 2.75) is 16.8 Å². The minimum Gasteiger partial charge on any atom is -0.395 e. The molecule has 1 aromatic carbocycles. The highest BCUT2D eigenvalue weighted by Gasteiger charge is 2.11. The predicted octanol–water partition coefficient (Wildman–Crippen LogP) is 2.60. The lowest BCUT2D eigenvalue weighted by Gasteiger charge is -2.03. The van der Waals surface area contributed by atoms with Crippen LogP contribution in [-0.2, 0) is 7.05 Å². The molecule has 1 aromatic heterocycles. The third-order valence-corrected chi connectivity index (χ3v) is 3.43. The van der Waals surface area contributed by atoms with Gasteiger partial charge in [-0.2, -0.15) is 5.10 Å². The van der Waals surface area contributed by atoms with E-state index in [1.165, 1.54) is 23.9 Å². The van der Waals surface area contributed by atoms with E-state index in [0.29, 0.717) is 5.69 Å². The van der Waals surface area contributed by atoms with Crippen LogP contribution >= 0.6 is 11.8 Å². The summed E-state index contributed by atoms with van der Waals surface area (Å²) in [5.74, 6) is -0.237. The number of rotatable bonds is 2. The molecule has 0 spiro atoms. The molecule has 0 unspecified atom stereocenters. The molecule has 2 aromatic rings. The van der Waals surface area contributed by atoms with Gasteiger partial charge in [-0.1, -0.05) is 11.8 Å². The van der Waals surface area contributed by atoms with Gasteiger partial charge in [0.1, 0.15) is 10.8 Å². The van der Waals surface area contributed by atoms with Crippen LogP contribution in [-0.4, -0.2) is 9.78 Å². The Morgan fingerprint density at radius 1 is 1.31 bits per heavy atom. The van der Waals surface area contributed by atoms with Crippen molar-refractivity contribution in [3.05, 3.63) is 35.8 Å². The van der Waals surface area contributed by atoms with Gasteiger partial charge in [0.15, 0.2) is 0 Å².